The Kier molecular flexibility index (Phi) is 4.34. The van der Waals surface area contributed by atoms with Crippen LogP contribution in [-0.4, -0.2) is 38.4 Å². The van der Waals surface area contributed by atoms with Gasteiger partial charge in [-0.05, 0) is 20.8 Å². The van der Waals surface area contributed by atoms with Crippen LogP contribution in [0.2, 0.25) is 0 Å². The molecule has 108 valence electrons. The molecule has 0 aliphatic heterocycles. The van der Waals surface area contributed by atoms with Gasteiger partial charge in [-0.25, -0.2) is 0 Å². The van der Waals surface area contributed by atoms with E-state index in [-0.39, 0.29) is 18.1 Å². The van der Waals surface area contributed by atoms with Crippen molar-refractivity contribution in [2.45, 2.75) is 26.8 Å². The highest BCUT2D eigenvalue weighted by Gasteiger charge is 2.10. The molecule has 8 nitrogen and oxygen atoms in total. The van der Waals surface area contributed by atoms with E-state index < -0.39 is 0 Å². The summed E-state index contributed by atoms with van der Waals surface area (Å²) in [6, 6.07) is 0.645. The molecule has 0 aliphatic rings. The van der Waals surface area contributed by atoms with Crippen molar-refractivity contribution in [3.63, 3.8) is 0 Å². The van der Waals surface area contributed by atoms with E-state index in [1.165, 1.54) is 0 Å². The molecule has 0 saturated heterocycles. The first-order valence-electron chi connectivity index (χ1n) is 6.41. The fraction of sp³-hybridized carbons (Fsp3) is 0.500. The van der Waals surface area contributed by atoms with E-state index in [1.807, 2.05) is 20.8 Å². The lowest BCUT2D eigenvalue weighted by Gasteiger charge is -2.06. The monoisotopic (exact) mass is 278 g/mol. The first-order valence-corrected chi connectivity index (χ1v) is 6.41. The van der Waals surface area contributed by atoms with Crippen LogP contribution in [-0.2, 0) is 0 Å². The summed E-state index contributed by atoms with van der Waals surface area (Å²) in [4.78, 5) is 12.2. The smallest absolute Gasteiger partial charge is 0.330 e. The van der Waals surface area contributed by atoms with Gasteiger partial charge in [-0.3, -0.25) is 4.68 Å². The molecular formula is C12H18N6O2. The van der Waals surface area contributed by atoms with E-state index in [2.05, 4.69) is 25.4 Å². The topological polar surface area (TPSA) is 87.0 Å². The molecular weight excluding hydrogens is 260 g/mol. The third-order valence-electron chi connectivity index (χ3n) is 2.41. The molecule has 8 heteroatoms. The van der Waals surface area contributed by atoms with E-state index in [4.69, 9.17) is 9.47 Å². The summed E-state index contributed by atoms with van der Waals surface area (Å²) in [6.07, 6.45) is 3.40. The van der Waals surface area contributed by atoms with Crippen LogP contribution < -0.4 is 14.8 Å². The lowest BCUT2D eigenvalue weighted by Crippen LogP contribution is -2.05. The molecule has 2 aromatic rings. The fourth-order valence-electron chi connectivity index (χ4n) is 1.45. The summed E-state index contributed by atoms with van der Waals surface area (Å²) >= 11 is 0. The number of nitrogens with zero attached hydrogens (tertiary/aromatic N) is 5. The minimum absolute atomic E-state index is 0.163. The van der Waals surface area contributed by atoms with E-state index >= 15 is 0 Å². The van der Waals surface area contributed by atoms with E-state index in [9.17, 15) is 0 Å². The fourth-order valence-corrected chi connectivity index (χ4v) is 1.45. The third kappa shape index (κ3) is 3.34. The van der Waals surface area contributed by atoms with Crippen molar-refractivity contribution < 1.29 is 9.47 Å². The molecule has 0 fully saturated rings. The average Bonchev–Trinajstić information content (AvgIpc) is 2.87. The molecule has 0 saturated carbocycles. The first-order chi connectivity index (χ1) is 9.62. The first kappa shape index (κ1) is 14.0. The van der Waals surface area contributed by atoms with Crippen LogP contribution >= 0.6 is 0 Å². The standard InChI is InChI=1S/C12H18N6O2/c1-5-19-11-15-10(13-4)16-12(17-11)20-9-6-14-18(7-9)8(2)3/h6-8H,5H2,1-4H3,(H,13,15,16,17). The van der Waals surface area contributed by atoms with Crippen LogP contribution in [0, 0.1) is 0 Å². The van der Waals surface area contributed by atoms with Gasteiger partial charge in [0.1, 0.15) is 0 Å². The van der Waals surface area contributed by atoms with E-state index in [1.54, 1.807) is 24.1 Å². The molecule has 2 aromatic heterocycles. The summed E-state index contributed by atoms with van der Waals surface area (Å²) < 4.78 is 12.6. The Morgan fingerprint density at radius 1 is 1.25 bits per heavy atom. The van der Waals surface area contributed by atoms with Gasteiger partial charge < -0.3 is 14.8 Å². The number of ether oxygens (including phenoxy) is 2. The Balaban J connectivity index is 2.20. The molecule has 0 aromatic carbocycles. The zero-order valence-corrected chi connectivity index (χ0v) is 12.0. The summed E-state index contributed by atoms with van der Waals surface area (Å²) in [6.45, 7) is 6.39. The summed E-state index contributed by atoms with van der Waals surface area (Å²) in [7, 11) is 1.71. The quantitative estimate of drug-likeness (QED) is 0.863. The molecule has 2 heterocycles. The zero-order valence-electron chi connectivity index (χ0n) is 12.0. The molecule has 0 aliphatic carbocycles. The highest BCUT2D eigenvalue weighted by Crippen LogP contribution is 2.20. The normalized spacial score (nSPS) is 10.7. The number of anilines is 1. The number of hydrogen-bond donors (Lipinski definition) is 1. The maximum Gasteiger partial charge on any atom is 0.330 e. The van der Waals surface area contributed by atoms with Crippen molar-refractivity contribution in [1.29, 1.82) is 0 Å². The lowest BCUT2D eigenvalue weighted by molar-refractivity contribution is 0.304. The van der Waals surface area contributed by atoms with Gasteiger partial charge in [-0.1, -0.05) is 0 Å². The number of rotatable bonds is 6. The van der Waals surface area contributed by atoms with Gasteiger partial charge in [-0.2, -0.15) is 15.1 Å². The van der Waals surface area contributed by atoms with Crippen LogP contribution in [0.3, 0.4) is 0 Å². The minimum atomic E-state index is 0.163. The van der Waals surface area contributed by atoms with Gasteiger partial charge in [0.2, 0.25) is 5.95 Å². The number of aromatic nitrogens is 5. The Hall–Kier alpha value is -2.38. The molecule has 2 rings (SSSR count). The lowest BCUT2D eigenvalue weighted by atomic mass is 10.4. The van der Waals surface area contributed by atoms with E-state index in [0.717, 1.165) is 0 Å². The Morgan fingerprint density at radius 2 is 2.00 bits per heavy atom. The van der Waals surface area contributed by atoms with Crippen molar-refractivity contribution >= 4 is 5.95 Å². The summed E-state index contributed by atoms with van der Waals surface area (Å²) in [5.41, 5.74) is 0. The van der Waals surface area contributed by atoms with E-state index in [0.29, 0.717) is 18.3 Å². The van der Waals surface area contributed by atoms with Gasteiger partial charge in [0.05, 0.1) is 19.0 Å². The largest absolute Gasteiger partial charge is 0.464 e. The van der Waals surface area contributed by atoms with Gasteiger partial charge in [0.15, 0.2) is 5.75 Å². The second-order valence-corrected chi connectivity index (χ2v) is 4.26. The summed E-state index contributed by atoms with van der Waals surface area (Å²) in [5.74, 6) is 0.948. The molecule has 1 N–H and O–H groups in total. The second-order valence-electron chi connectivity index (χ2n) is 4.26. The van der Waals surface area contributed by atoms with Gasteiger partial charge in [-0.15, -0.1) is 4.98 Å². The zero-order chi connectivity index (χ0) is 14.5. The van der Waals surface area contributed by atoms with Crippen molar-refractivity contribution in [2.24, 2.45) is 0 Å². The van der Waals surface area contributed by atoms with Gasteiger partial charge >= 0.3 is 12.0 Å². The number of hydrogen-bond acceptors (Lipinski definition) is 7. The van der Waals surface area contributed by atoms with Crippen LogP contribution in [0.1, 0.15) is 26.8 Å². The van der Waals surface area contributed by atoms with Crippen LogP contribution in [0.4, 0.5) is 5.95 Å². The molecule has 0 unspecified atom stereocenters. The minimum Gasteiger partial charge on any atom is -0.464 e. The SMILES string of the molecule is CCOc1nc(NC)nc(Oc2cnn(C(C)C)c2)n1. The highest BCUT2D eigenvalue weighted by atomic mass is 16.5. The Morgan fingerprint density at radius 3 is 2.60 bits per heavy atom. The molecule has 0 spiro atoms. The van der Waals surface area contributed by atoms with Gasteiger partial charge in [0.25, 0.3) is 0 Å². The van der Waals surface area contributed by atoms with Crippen molar-refractivity contribution in [3.8, 4) is 17.8 Å². The molecule has 0 atom stereocenters. The predicted molar refractivity (Wildman–Crippen MR) is 73.2 cm³/mol. The molecule has 0 amide bonds. The molecule has 20 heavy (non-hydrogen) atoms. The molecule has 0 bridgehead atoms. The van der Waals surface area contributed by atoms with Crippen molar-refractivity contribution in [3.05, 3.63) is 12.4 Å². The molecule has 0 radical (unpaired) electrons. The van der Waals surface area contributed by atoms with Crippen molar-refractivity contribution in [2.75, 3.05) is 19.0 Å². The highest BCUT2D eigenvalue weighted by molar-refractivity contribution is 5.28. The van der Waals surface area contributed by atoms with Crippen molar-refractivity contribution in [1.82, 2.24) is 24.7 Å². The van der Waals surface area contributed by atoms with Crippen LogP contribution in [0.5, 0.6) is 17.8 Å². The predicted octanol–water partition coefficient (Wildman–Crippen LogP) is 1.88. The summed E-state index contributed by atoms with van der Waals surface area (Å²) in [5, 5.41) is 7.02. The maximum atomic E-state index is 5.57. The average molecular weight is 278 g/mol. The second kappa shape index (κ2) is 6.18. The Labute approximate surface area is 117 Å². The third-order valence-corrected chi connectivity index (χ3v) is 2.41. The maximum absolute atomic E-state index is 5.57. The van der Waals surface area contributed by atoms with Gasteiger partial charge in [0, 0.05) is 13.1 Å². The van der Waals surface area contributed by atoms with Crippen LogP contribution in [0.15, 0.2) is 12.4 Å². The Bertz CT molecular complexity index is 569. The number of nitrogens with one attached hydrogen (secondary N) is 1. The van der Waals surface area contributed by atoms with Crippen LogP contribution in [0.25, 0.3) is 0 Å².